The van der Waals surface area contributed by atoms with Crippen LogP contribution in [0.5, 0.6) is 0 Å². The van der Waals surface area contributed by atoms with Crippen molar-refractivity contribution in [3.8, 4) is 0 Å². The SMILES string of the molecule is CCCCCc1cnc(C)c2ccccc12. The summed E-state index contributed by atoms with van der Waals surface area (Å²) in [4.78, 5) is 4.49. The standard InChI is InChI=1S/C15H19N/c1-3-4-5-8-13-11-16-12(2)14-9-6-7-10-15(13)14/h6-7,9-11H,3-5,8H2,1-2H3. The highest BCUT2D eigenvalue weighted by atomic mass is 14.7. The van der Waals surface area contributed by atoms with Crippen molar-refractivity contribution in [2.45, 2.75) is 39.5 Å². The average molecular weight is 213 g/mol. The van der Waals surface area contributed by atoms with Gasteiger partial charge in [0, 0.05) is 17.3 Å². The van der Waals surface area contributed by atoms with Gasteiger partial charge in [0.15, 0.2) is 0 Å². The van der Waals surface area contributed by atoms with E-state index in [1.54, 1.807) is 0 Å². The van der Waals surface area contributed by atoms with E-state index in [0.29, 0.717) is 0 Å². The van der Waals surface area contributed by atoms with Gasteiger partial charge in [-0.3, -0.25) is 4.98 Å². The molecule has 0 spiro atoms. The van der Waals surface area contributed by atoms with Gasteiger partial charge in [-0.1, -0.05) is 44.0 Å². The van der Waals surface area contributed by atoms with Gasteiger partial charge in [-0.05, 0) is 30.7 Å². The average Bonchev–Trinajstić information content (AvgIpc) is 2.33. The number of pyridine rings is 1. The Hall–Kier alpha value is -1.37. The lowest BCUT2D eigenvalue weighted by Gasteiger charge is -2.07. The highest BCUT2D eigenvalue weighted by molar-refractivity contribution is 5.87. The minimum atomic E-state index is 1.13. The maximum Gasteiger partial charge on any atom is 0.0451 e. The largest absolute Gasteiger partial charge is 0.261 e. The third-order valence-electron chi connectivity index (χ3n) is 3.13. The molecule has 0 amide bonds. The van der Waals surface area contributed by atoms with E-state index in [9.17, 15) is 0 Å². The number of aryl methyl sites for hydroxylation is 2. The van der Waals surface area contributed by atoms with Crippen molar-refractivity contribution in [1.82, 2.24) is 4.98 Å². The molecule has 0 atom stereocenters. The first-order valence-electron chi connectivity index (χ1n) is 6.16. The zero-order chi connectivity index (χ0) is 11.4. The Morgan fingerprint density at radius 1 is 1.06 bits per heavy atom. The molecule has 1 aromatic heterocycles. The predicted octanol–water partition coefficient (Wildman–Crippen LogP) is 4.28. The summed E-state index contributed by atoms with van der Waals surface area (Å²) in [6.45, 7) is 4.32. The number of aromatic nitrogens is 1. The van der Waals surface area contributed by atoms with Crippen molar-refractivity contribution >= 4 is 10.8 Å². The van der Waals surface area contributed by atoms with Crippen molar-refractivity contribution < 1.29 is 0 Å². The number of benzene rings is 1. The van der Waals surface area contributed by atoms with E-state index in [0.717, 1.165) is 12.1 Å². The lowest BCUT2D eigenvalue weighted by Crippen LogP contribution is -1.92. The normalized spacial score (nSPS) is 10.9. The summed E-state index contributed by atoms with van der Waals surface area (Å²) in [6, 6.07) is 8.59. The Labute approximate surface area is 97.5 Å². The van der Waals surface area contributed by atoms with E-state index in [1.165, 1.54) is 35.6 Å². The molecule has 1 heteroatoms. The fourth-order valence-corrected chi connectivity index (χ4v) is 2.16. The van der Waals surface area contributed by atoms with Gasteiger partial charge in [0.05, 0.1) is 0 Å². The molecular formula is C15H19N. The fraction of sp³-hybridized carbons (Fsp3) is 0.400. The smallest absolute Gasteiger partial charge is 0.0451 e. The molecule has 0 radical (unpaired) electrons. The van der Waals surface area contributed by atoms with Crippen LogP contribution in [0.3, 0.4) is 0 Å². The second-order valence-corrected chi connectivity index (χ2v) is 4.37. The molecule has 2 aromatic rings. The van der Waals surface area contributed by atoms with Gasteiger partial charge in [0.1, 0.15) is 0 Å². The van der Waals surface area contributed by atoms with Crippen LogP contribution in [0, 0.1) is 6.92 Å². The van der Waals surface area contributed by atoms with Crippen molar-refractivity contribution in [2.75, 3.05) is 0 Å². The van der Waals surface area contributed by atoms with Gasteiger partial charge in [0.2, 0.25) is 0 Å². The van der Waals surface area contributed by atoms with E-state index in [-0.39, 0.29) is 0 Å². The minimum Gasteiger partial charge on any atom is -0.261 e. The molecule has 0 aliphatic heterocycles. The van der Waals surface area contributed by atoms with Crippen LogP contribution in [0.2, 0.25) is 0 Å². The highest BCUT2D eigenvalue weighted by Gasteiger charge is 2.03. The summed E-state index contributed by atoms with van der Waals surface area (Å²) in [5.74, 6) is 0. The zero-order valence-corrected chi connectivity index (χ0v) is 10.2. The number of hydrogen-bond donors (Lipinski definition) is 0. The van der Waals surface area contributed by atoms with Crippen LogP contribution in [0.4, 0.5) is 0 Å². The van der Waals surface area contributed by atoms with Crippen molar-refractivity contribution in [3.05, 3.63) is 41.7 Å². The first-order chi connectivity index (χ1) is 7.83. The Morgan fingerprint density at radius 2 is 1.81 bits per heavy atom. The number of nitrogens with zero attached hydrogens (tertiary/aromatic N) is 1. The third kappa shape index (κ3) is 2.24. The molecule has 0 fully saturated rings. The lowest BCUT2D eigenvalue weighted by molar-refractivity contribution is 0.718. The summed E-state index contributed by atoms with van der Waals surface area (Å²) >= 11 is 0. The van der Waals surface area contributed by atoms with E-state index >= 15 is 0 Å². The van der Waals surface area contributed by atoms with Crippen LogP contribution >= 0.6 is 0 Å². The van der Waals surface area contributed by atoms with Gasteiger partial charge in [-0.25, -0.2) is 0 Å². The second-order valence-electron chi connectivity index (χ2n) is 4.37. The molecule has 16 heavy (non-hydrogen) atoms. The summed E-state index contributed by atoms with van der Waals surface area (Å²) in [7, 11) is 0. The molecule has 1 heterocycles. The first kappa shape index (κ1) is 11.1. The number of unbranched alkanes of at least 4 members (excludes halogenated alkanes) is 2. The molecule has 0 saturated carbocycles. The highest BCUT2D eigenvalue weighted by Crippen LogP contribution is 2.21. The molecule has 2 rings (SSSR count). The van der Waals surface area contributed by atoms with Crippen molar-refractivity contribution in [3.63, 3.8) is 0 Å². The number of hydrogen-bond acceptors (Lipinski definition) is 1. The zero-order valence-electron chi connectivity index (χ0n) is 10.2. The monoisotopic (exact) mass is 213 g/mol. The van der Waals surface area contributed by atoms with Crippen LogP contribution in [0.15, 0.2) is 30.5 Å². The maximum absolute atomic E-state index is 4.49. The molecule has 0 bridgehead atoms. The summed E-state index contributed by atoms with van der Waals surface area (Å²) in [5, 5.41) is 2.68. The van der Waals surface area contributed by atoms with E-state index in [1.807, 2.05) is 6.20 Å². The second kappa shape index (κ2) is 5.11. The Balaban J connectivity index is 2.35. The number of fused-ring (bicyclic) bond motifs is 1. The lowest BCUT2D eigenvalue weighted by atomic mass is 10.0. The first-order valence-corrected chi connectivity index (χ1v) is 6.16. The third-order valence-corrected chi connectivity index (χ3v) is 3.13. The van der Waals surface area contributed by atoms with Crippen LogP contribution in [0.1, 0.15) is 37.4 Å². The fourth-order valence-electron chi connectivity index (χ4n) is 2.16. The van der Waals surface area contributed by atoms with Gasteiger partial charge >= 0.3 is 0 Å². The Morgan fingerprint density at radius 3 is 2.56 bits per heavy atom. The van der Waals surface area contributed by atoms with E-state index < -0.39 is 0 Å². The molecular weight excluding hydrogens is 194 g/mol. The maximum atomic E-state index is 4.49. The molecule has 1 aromatic carbocycles. The quantitative estimate of drug-likeness (QED) is 0.691. The summed E-state index contributed by atoms with van der Waals surface area (Å²) < 4.78 is 0. The van der Waals surface area contributed by atoms with Gasteiger partial charge in [0.25, 0.3) is 0 Å². The minimum absolute atomic E-state index is 1.13. The molecule has 0 aliphatic carbocycles. The van der Waals surface area contributed by atoms with E-state index in [2.05, 4.69) is 43.1 Å². The predicted molar refractivity (Wildman–Crippen MR) is 69.7 cm³/mol. The van der Waals surface area contributed by atoms with E-state index in [4.69, 9.17) is 0 Å². The van der Waals surface area contributed by atoms with Crippen molar-refractivity contribution in [2.24, 2.45) is 0 Å². The van der Waals surface area contributed by atoms with Gasteiger partial charge < -0.3 is 0 Å². The van der Waals surface area contributed by atoms with Crippen LogP contribution in [0.25, 0.3) is 10.8 Å². The van der Waals surface area contributed by atoms with Crippen LogP contribution in [-0.4, -0.2) is 4.98 Å². The Bertz CT molecular complexity index is 474. The van der Waals surface area contributed by atoms with Gasteiger partial charge in [-0.2, -0.15) is 0 Å². The summed E-state index contributed by atoms with van der Waals surface area (Å²) in [5.41, 5.74) is 2.53. The molecule has 84 valence electrons. The molecule has 0 saturated heterocycles. The van der Waals surface area contributed by atoms with Gasteiger partial charge in [-0.15, -0.1) is 0 Å². The topological polar surface area (TPSA) is 12.9 Å². The van der Waals surface area contributed by atoms with Crippen molar-refractivity contribution in [1.29, 1.82) is 0 Å². The van der Waals surface area contributed by atoms with Crippen LogP contribution < -0.4 is 0 Å². The molecule has 1 nitrogen and oxygen atoms in total. The number of rotatable bonds is 4. The summed E-state index contributed by atoms with van der Waals surface area (Å²) in [6.07, 6.45) is 7.06. The molecule has 0 unspecified atom stereocenters. The van der Waals surface area contributed by atoms with Crippen LogP contribution in [-0.2, 0) is 6.42 Å². The Kier molecular flexibility index (Phi) is 3.55. The molecule has 0 N–H and O–H groups in total. The molecule has 0 aliphatic rings.